The maximum Gasteiger partial charge on any atom is 0.246 e. The van der Waals surface area contributed by atoms with Crippen molar-refractivity contribution in [2.24, 2.45) is 5.73 Å². The van der Waals surface area contributed by atoms with Gasteiger partial charge in [-0.2, -0.15) is 4.31 Å². The zero-order chi connectivity index (χ0) is 15.6. The molecule has 0 spiro atoms. The molecule has 0 radical (unpaired) electrons. The summed E-state index contributed by atoms with van der Waals surface area (Å²) in [7, 11) is -4.04. The van der Waals surface area contributed by atoms with Gasteiger partial charge < -0.3 is 10.5 Å². The van der Waals surface area contributed by atoms with Gasteiger partial charge >= 0.3 is 0 Å². The second-order valence-electron chi connectivity index (χ2n) is 4.94. The summed E-state index contributed by atoms with van der Waals surface area (Å²) in [6.45, 7) is 2.17. The highest BCUT2D eigenvalue weighted by atomic mass is 32.2. The molecule has 2 rings (SSSR count). The lowest BCUT2D eigenvalue weighted by Gasteiger charge is -2.22. The Morgan fingerprint density at radius 3 is 2.81 bits per heavy atom. The number of ether oxygens (including phenoxy) is 1. The summed E-state index contributed by atoms with van der Waals surface area (Å²) in [5.74, 6) is -1.96. The molecule has 0 bridgehead atoms. The van der Waals surface area contributed by atoms with Crippen LogP contribution in [0.4, 0.5) is 8.78 Å². The van der Waals surface area contributed by atoms with Gasteiger partial charge in [-0.25, -0.2) is 17.2 Å². The van der Waals surface area contributed by atoms with Crippen LogP contribution in [0.1, 0.15) is 18.9 Å². The molecule has 0 aliphatic carbocycles. The zero-order valence-corrected chi connectivity index (χ0v) is 12.5. The molecule has 118 valence electrons. The fourth-order valence-corrected chi connectivity index (χ4v) is 3.92. The fraction of sp³-hybridized carbons (Fsp3) is 0.538. The molecule has 0 amide bonds. The van der Waals surface area contributed by atoms with Gasteiger partial charge in [0, 0.05) is 31.8 Å². The molecule has 21 heavy (non-hydrogen) atoms. The second kappa shape index (κ2) is 6.35. The smallest absolute Gasteiger partial charge is 0.246 e. The van der Waals surface area contributed by atoms with E-state index in [2.05, 4.69) is 0 Å². The van der Waals surface area contributed by atoms with Crippen LogP contribution in [0, 0.1) is 11.6 Å². The van der Waals surface area contributed by atoms with Crippen molar-refractivity contribution in [3.05, 3.63) is 29.3 Å². The molecule has 2 N–H and O–H groups in total. The number of nitrogens with zero attached hydrogens (tertiary/aromatic N) is 1. The average Bonchev–Trinajstić information content (AvgIpc) is 2.64. The Morgan fingerprint density at radius 2 is 2.14 bits per heavy atom. The van der Waals surface area contributed by atoms with Crippen molar-refractivity contribution in [1.29, 1.82) is 0 Å². The van der Waals surface area contributed by atoms with Crippen LogP contribution in [-0.4, -0.2) is 38.5 Å². The summed E-state index contributed by atoms with van der Waals surface area (Å²) in [4.78, 5) is -0.543. The number of rotatable bonds is 3. The van der Waals surface area contributed by atoms with Crippen LogP contribution in [0.2, 0.25) is 0 Å². The third-order valence-corrected chi connectivity index (χ3v) is 5.27. The number of hydrogen-bond donors (Lipinski definition) is 1. The Hall–Kier alpha value is -1.09. The first-order valence-corrected chi connectivity index (χ1v) is 8.10. The Morgan fingerprint density at radius 1 is 1.43 bits per heavy atom. The minimum atomic E-state index is -4.04. The lowest BCUT2D eigenvalue weighted by Crippen LogP contribution is -2.36. The molecule has 1 fully saturated rings. The van der Waals surface area contributed by atoms with Gasteiger partial charge in [0.1, 0.15) is 10.7 Å². The van der Waals surface area contributed by atoms with Crippen molar-refractivity contribution < 1.29 is 21.9 Å². The molecule has 0 aromatic heterocycles. The number of nitrogens with two attached hydrogens (primary N) is 1. The van der Waals surface area contributed by atoms with E-state index >= 15 is 0 Å². The minimum Gasteiger partial charge on any atom is -0.377 e. The van der Waals surface area contributed by atoms with E-state index in [-0.39, 0.29) is 19.2 Å². The highest BCUT2D eigenvalue weighted by molar-refractivity contribution is 7.89. The summed E-state index contributed by atoms with van der Waals surface area (Å²) < 4.78 is 59.3. The predicted octanol–water partition coefficient (Wildman–Crippen LogP) is 1.22. The van der Waals surface area contributed by atoms with Crippen molar-refractivity contribution in [2.45, 2.75) is 30.9 Å². The van der Waals surface area contributed by atoms with Crippen molar-refractivity contribution >= 4 is 10.0 Å². The monoisotopic (exact) mass is 320 g/mol. The van der Waals surface area contributed by atoms with Crippen LogP contribution in [0.3, 0.4) is 0 Å². The van der Waals surface area contributed by atoms with Crippen LogP contribution >= 0.6 is 0 Å². The molecule has 1 unspecified atom stereocenters. The van der Waals surface area contributed by atoms with Crippen LogP contribution in [0.25, 0.3) is 0 Å². The van der Waals surface area contributed by atoms with E-state index in [9.17, 15) is 17.2 Å². The Balaban J connectivity index is 2.44. The standard InChI is InChI=1S/C13H18F2N2O3S/c1-9-8-17(5-2-6-20-9)21(18,19)12-4-3-11(14)10(7-16)13(12)15/h3-4,9H,2,5-8,16H2,1H3. The van der Waals surface area contributed by atoms with Gasteiger partial charge in [-0.15, -0.1) is 0 Å². The van der Waals surface area contributed by atoms with Crippen molar-refractivity contribution in [1.82, 2.24) is 4.31 Å². The molecular weight excluding hydrogens is 302 g/mol. The summed E-state index contributed by atoms with van der Waals surface area (Å²) >= 11 is 0. The second-order valence-corrected chi connectivity index (χ2v) is 6.85. The maximum atomic E-state index is 14.2. The van der Waals surface area contributed by atoms with Gasteiger partial charge in [-0.3, -0.25) is 0 Å². The predicted molar refractivity (Wildman–Crippen MR) is 73.0 cm³/mol. The van der Waals surface area contributed by atoms with E-state index in [4.69, 9.17) is 10.5 Å². The number of hydrogen-bond acceptors (Lipinski definition) is 4. The summed E-state index contributed by atoms with van der Waals surface area (Å²) in [5, 5.41) is 0. The van der Waals surface area contributed by atoms with Gasteiger partial charge in [0.2, 0.25) is 10.0 Å². The summed E-state index contributed by atoms with van der Waals surface area (Å²) in [5.41, 5.74) is 4.86. The molecule has 1 atom stereocenters. The van der Waals surface area contributed by atoms with E-state index in [0.29, 0.717) is 13.0 Å². The van der Waals surface area contributed by atoms with Crippen LogP contribution in [0.5, 0.6) is 0 Å². The van der Waals surface area contributed by atoms with Crippen LogP contribution in [-0.2, 0) is 21.3 Å². The van der Waals surface area contributed by atoms with Gasteiger partial charge in [0.05, 0.1) is 6.10 Å². The molecular formula is C13H18F2N2O3S. The van der Waals surface area contributed by atoms with Crippen molar-refractivity contribution in [2.75, 3.05) is 19.7 Å². The average molecular weight is 320 g/mol. The summed E-state index contributed by atoms with van der Waals surface area (Å²) in [6.07, 6.45) is 0.246. The van der Waals surface area contributed by atoms with Gasteiger partial charge in [0.15, 0.2) is 5.82 Å². The van der Waals surface area contributed by atoms with E-state index < -0.39 is 38.7 Å². The quantitative estimate of drug-likeness (QED) is 0.909. The highest BCUT2D eigenvalue weighted by Gasteiger charge is 2.31. The number of sulfonamides is 1. The van der Waals surface area contributed by atoms with Crippen molar-refractivity contribution in [3.63, 3.8) is 0 Å². The van der Waals surface area contributed by atoms with Crippen molar-refractivity contribution in [3.8, 4) is 0 Å². The van der Waals surface area contributed by atoms with Gasteiger partial charge in [-0.05, 0) is 25.5 Å². The largest absolute Gasteiger partial charge is 0.377 e. The van der Waals surface area contributed by atoms with E-state index in [1.807, 2.05) is 0 Å². The zero-order valence-electron chi connectivity index (χ0n) is 11.7. The number of benzene rings is 1. The Bertz CT molecular complexity index is 622. The molecule has 1 aromatic carbocycles. The minimum absolute atomic E-state index is 0.136. The molecule has 0 saturated carbocycles. The third-order valence-electron chi connectivity index (χ3n) is 3.39. The molecule has 1 aliphatic heterocycles. The van der Waals surface area contributed by atoms with E-state index in [0.717, 1.165) is 12.1 Å². The normalized spacial score (nSPS) is 21.2. The maximum absolute atomic E-state index is 14.2. The fourth-order valence-electron chi connectivity index (χ4n) is 2.28. The molecule has 8 heteroatoms. The highest BCUT2D eigenvalue weighted by Crippen LogP contribution is 2.25. The van der Waals surface area contributed by atoms with Gasteiger partial charge in [0.25, 0.3) is 0 Å². The molecule has 1 aromatic rings. The van der Waals surface area contributed by atoms with Crippen LogP contribution < -0.4 is 5.73 Å². The Kier molecular flexibility index (Phi) is 4.92. The third kappa shape index (κ3) is 3.23. The SMILES string of the molecule is CC1CN(S(=O)(=O)c2ccc(F)c(CN)c2F)CCCO1. The molecule has 1 aliphatic rings. The first-order chi connectivity index (χ1) is 9.87. The molecule has 5 nitrogen and oxygen atoms in total. The molecule has 1 saturated heterocycles. The first-order valence-electron chi connectivity index (χ1n) is 6.66. The molecule has 1 heterocycles. The first kappa shape index (κ1) is 16.3. The lowest BCUT2D eigenvalue weighted by molar-refractivity contribution is 0.0752. The topological polar surface area (TPSA) is 72.6 Å². The lowest BCUT2D eigenvalue weighted by atomic mass is 10.2. The summed E-state index contributed by atoms with van der Waals surface area (Å²) in [6, 6.07) is 1.87. The van der Waals surface area contributed by atoms with E-state index in [1.165, 1.54) is 4.31 Å². The van der Waals surface area contributed by atoms with E-state index in [1.54, 1.807) is 6.92 Å². The Labute approximate surface area is 122 Å². The number of halogens is 2. The van der Waals surface area contributed by atoms with Gasteiger partial charge in [-0.1, -0.05) is 0 Å². The van der Waals surface area contributed by atoms with Crippen LogP contribution in [0.15, 0.2) is 17.0 Å².